The molecule has 1 aliphatic carbocycles. The minimum Gasteiger partial charge on any atom is -0.444 e. The molecular formula is C13H21NO3. The standard InChI is InChI=1S/C13H21NO3/c1-12(2,3)17-11(15)14-8-13(4-5-13)6-9(14)10-7-16-10/h9-10H,4-8H2,1-3H3/t9-,10?/m0/s1. The normalized spacial score (nSPS) is 33.9. The summed E-state index contributed by atoms with van der Waals surface area (Å²) in [5, 5.41) is 0. The molecule has 3 fully saturated rings. The number of hydrogen-bond acceptors (Lipinski definition) is 3. The van der Waals surface area contributed by atoms with Crippen LogP contribution in [0, 0.1) is 5.41 Å². The third-order valence-electron chi connectivity index (χ3n) is 3.92. The van der Waals surface area contributed by atoms with Crippen LogP contribution in [0.2, 0.25) is 0 Å². The first-order chi connectivity index (χ1) is 7.89. The maximum atomic E-state index is 12.2. The van der Waals surface area contributed by atoms with Crippen molar-refractivity contribution >= 4 is 6.09 Å². The molecule has 4 nitrogen and oxygen atoms in total. The molecule has 2 heterocycles. The third-order valence-corrected chi connectivity index (χ3v) is 3.92. The van der Waals surface area contributed by atoms with Crippen LogP contribution >= 0.6 is 0 Å². The Morgan fingerprint density at radius 2 is 2.06 bits per heavy atom. The minimum absolute atomic E-state index is 0.165. The van der Waals surface area contributed by atoms with Crippen molar-refractivity contribution in [1.29, 1.82) is 0 Å². The lowest BCUT2D eigenvalue weighted by Crippen LogP contribution is -2.42. The highest BCUT2D eigenvalue weighted by Crippen LogP contribution is 2.56. The van der Waals surface area contributed by atoms with Crippen LogP contribution in [0.1, 0.15) is 40.0 Å². The van der Waals surface area contributed by atoms with Gasteiger partial charge in [-0.15, -0.1) is 0 Å². The summed E-state index contributed by atoms with van der Waals surface area (Å²) in [6.45, 7) is 7.41. The second-order valence-electron chi connectivity index (χ2n) is 6.75. The fourth-order valence-corrected chi connectivity index (χ4v) is 2.77. The van der Waals surface area contributed by atoms with Gasteiger partial charge in [-0.2, -0.15) is 0 Å². The van der Waals surface area contributed by atoms with Crippen molar-refractivity contribution < 1.29 is 14.3 Å². The van der Waals surface area contributed by atoms with Gasteiger partial charge in [-0.25, -0.2) is 4.79 Å². The van der Waals surface area contributed by atoms with E-state index in [1.807, 2.05) is 25.7 Å². The molecule has 1 unspecified atom stereocenters. The fourth-order valence-electron chi connectivity index (χ4n) is 2.77. The van der Waals surface area contributed by atoms with Gasteiger partial charge in [0.2, 0.25) is 0 Å². The van der Waals surface area contributed by atoms with E-state index in [1.54, 1.807) is 0 Å². The van der Waals surface area contributed by atoms with Gasteiger partial charge in [0.1, 0.15) is 11.7 Å². The van der Waals surface area contributed by atoms with Crippen molar-refractivity contribution in [2.24, 2.45) is 5.41 Å². The van der Waals surface area contributed by atoms with Crippen LogP contribution in [-0.4, -0.2) is 41.9 Å². The van der Waals surface area contributed by atoms with Crippen LogP contribution < -0.4 is 0 Å². The number of rotatable bonds is 1. The number of epoxide rings is 1. The summed E-state index contributed by atoms with van der Waals surface area (Å²) in [4.78, 5) is 14.1. The summed E-state index contributed by atoms with van der Waals surface area (Å²) >= 11 is 0. The molecule has 0 aromatic heterocycles. The Morgan fingerprint density at radius 3 is 2.53 bits per heavy atom. The number of amides is 1. The molecule has 1 saturated carbocycles. The smallest absolute Gasteiger partial charge is 0.410 e. The molecule has 4 heteroatoms. The van der Waals surface area contributed by atoms with Crippen molar-refractivity contribution in [3.63, 3.8) is 0 Å². The quantitative estimate of drug-likeness (QED) is 0.659. The van der Waals surface area contributed by atoms with Crippen molar-refractivity contribution in [2.45, 2.75) is 57.8 Å². The van der Waals surface area contributed by atoms with E-state index < -0.39 is 5.60 Å². The summed E-state index contributed by atoms with van der Waals surface area (Å²) < 4.78 is 10.9. The third kappa shape index (κ3) is 2.28. The van der Waals surface area contributed by atoms with Crippen LogP contribution in [0.4, 0.5) is 4.79 Å². The predicted molar refractivity (Wildman–Crippen MR) is 62.8 cm³/mol. The number of likely N-dealkylation sites (tertiary alicyclic amines) is 1. The summed E-state index contributed by atoms with van der Waals surface area (Å²) in [6, 6.07) is 0.257. The number of hydrogen-bond donors (Lipinski definition) is 0. The van der Waals surface area contributed by atoms with Crippen LogP contribution in [0.25, 0.3) is 0 Å². The Labute approximate surface area is 102 Å². The van der Waals surface area contributed by atoms with Gasteiger partial charge >= 0.3 is 6.09 Å². The van der Waals surface area contributed by atoms with E-state index >= 15 is 0 Å². The molecule has 0 bridgehead atoms. The van der Waals surface area contributed by atoms with E-state index in [4.69, 9.17) is 9.47 Å². The van der Waals surface area contributed by atoms with Crippen LogP contribution in [0.15, 0.2) is 0 Å². The molecule has 96 valence electrons. The van der Waals surface area contributed by atoms with Gasteiger partial charge in [-0.05, 0) is 45.4 Å². The van der Waals surface area contributed by atoms with E-state index in [0.29, 0.717) is 5.41 Å². The average molecular weight is 239 g/mol. The molecule has 1 spiro atoms. The predicted octanol–water partition coefficient (Wildman–Crippen LogP) is 2.17. The SMILES string of the molecule is CC(C)(C)OC(=O)N1CC2(CC2)C[C@H]1C1CO1. The molecule has 2 saturated heterocycles. The summed E-state index contributed by atoms with van der Waals surface area (Å²) in [5.74, 6) is 0. The molecular weight excluding hydrogens is 218 g/mol. The van der Waals surface area contributed by atoms with E-state index in [9.17, 15) is 4.79 Å². The summed E-state index contributed by atoms with van der Waals surface area (Å²) in [7, 11) is 0. The Kier molecular flexibility index (Phi) is 2.25. The Bertz CT molecular complexity index is 339. The molecule has 17 heavy (non-hydrogen) atoms. The van der Waals surface area contributed by atoms with Gasteiger partial charge in [-0.1, -0.05) is 0 Å². The second kappa shape index (κ2) is 3.37. The number of carbonyl (C=O) groups excluding carboxylic acids is 1. The first-order valence-electron chi connectivity index (χ1n) is 6.50. The van der Waals surface area contributed by atoms with E-state index in [2.05, 4.69) is 0 Å². The minimum atomic E-state index is -0.411. The lowest BCUT2D eigenvalue weighted by atomic mass is 10.0. The van der Waals surface area contributed by atoms with Gasteiger partial charge in [0, 0.05) is 6.54 Å². The molecule has 0 N–H and O–H groups in total. The van der Waals surface area contributed by atoms with E-state index in [0.717, 1.165) is 19.6 Å². The number of ether oxygens (including phenoxy) is 2. The lowest BCUT2D eigenvalue weighted by molar-refractivity contribution is 0.0198. The van der Waals surface area contributed by atoms with Crippen molar-refractivity contribution in [1.82, 2.24) is 4.90 Å². The van der Waals surface area contributed by atoms with E-state index in [-0.39, 0.29) is 18.2 Å². The first kappa shape index (κ1) is 11.3. The molecule has 1 amide bonds. The van der Waals surface area contributed by atoms with Crippen LogP contribution in [-0.2, 0) is 9.47 Å². The Morgan fingerprint density at radius 1 is 1.41 bits per heavy atom. The van der Waals surface area contributed by atoms with Gasteiger partial charge in [-0.3, -0.25) is 0 Å². The number of carbonyl (C=O) groups is 1. The largest absolute Gasteiger partial charge is 0.444 e. The van der Waals surface area contributed by atoms with E-state index in [1.165, 1.54) is 12.8 Å². The summed E-state index contributed by atoms with van der Waals surface area (Å²) in [6.07, 6.45) is 3.73. The molecule has 0 radical (unpaired) electrons. The van der Waals surface area contributed by atoms with Crippen molar-refractivity contribution in [3.8, 4) is 0 Å². The second-order valence-corrected chi connectivity index (χ2v) is 6.75. The Balaban J connectivity index is 1.69. The van der Waals surface area contributed by atoms with Crippen molar-refractivity contribution in [3.05, 3.63) is 0 Å². The monoisotopic (exact) mass is 239 g/mol. The van der Waals surface area contributed by atoms with Gasteiger partial charge in [0.25, 0.3) is 0 Å². The van der Waals surface area contributed by atoms with Crippen molar-refractivity contribution in [2.75, 3.05) is 13.2 Å². The van der Waals surface area contributed by atoms with Gasteiger partial charge < -0.3 is 14.4 Å². The zero-order valence-corrected chi connectivity index (χ0v) is 10.9. The van der Waals surface area contributed by atoms with Gasteiger partial charge in [0.15, 0.2) is 0 Å². The highest BCUT2D eigenvalue weighted by atomic mass is 16.6. The molecule has 2 aliphatic heterocycles. The van der Waals surface area contributed by atoms with Gasteiger partial charge in [0.05, 0.1) is 12.6 Å². The van der Waals surface area contributed by atoms with Crippen LogP contribution in [0.3, 0.4) is 0 Å². The Hall–Kier alpha value is -0.770. The maximum Gasteiger partial charge on any atom is 0.410 e. The first-order valence-corrected chi connectivity index (χ1v) is 6.50. The average Bonchev–Trinajstić information content (AvgIpc) is 3.03. The highest BCUT2D eigenvalue weighted by molar-refractivity contribution is 5.69. The van der Waals surface area contributed by atoms with Crippen LogP contribution in [0.5, 0.6) is 0 Å². The molecule has 0 aromatic carbocycles. The molecule has 3 rings (SSSR count). The highest BCUT2D eigenvalue weighted by Gasteiger charge is 2.57. The fraction of sp³-hybridized carbons (Fsp3) is 0.923. The molecule has 3 aliphatic rings. The summed E-state index contributed by atoms with van der Waals surface area (Å²) in [5.41, 5.74) is -0.00112. The zero-order chi connectivity index (χ0) is 12.3. The molecule has 0 aromatic rings. The molecule has 2 atom stereocenters. The zero-order valence-electron chi connectivity index (χ0n) is 10.9. The lowest BCUT2D eigenvalue weighted by Gasteiger charge is -2.27. The number of nitrogens with zero attached hydrogens (tertiary/aromatic N) is 1. The maximum absolute atomic E-state index is 12.2. The topological polar surface area (TPSA) is 42.1 Å².